The standard InChI is InChI=1S/C24H34N2O3/c1-16-11-10-14-20(18(16)3)22(26-29-23(28)25-15-17(2)27)21(24(4,5)6)19-12-8-7-9-13-19/h7-14,17,21-22,26-27H,15H2,1-6H3,(H,25,28). The third-order valence-electron chi connectivity index (χ3n) is 5.23. The van der Waals surface area contributed by atoms with Crippen molar-refractivity contribution in [3.05, 3.63) is 70.8 Å². The summed E-state index contributed by atoms with van der Waals surface area (Å²) < 4.78 is 0. The minimum atomic E-state index is -0.635. The summed E-state index contributed by atoms with van der Waals surface area (Å²) in [6.07, 6.45) is -1.24. The van der Waals surface area contributed by atoms with Gasteiger partial charge in [-0.25, -0.2) is 4.79 Å². The zero-order chi connectivity index (χ0) is 21.6. The Kier molecular flexibility index (Phi) is 7.82. The number of hydroxylamine groups is 1. The van der Waals surface area contributed by atoms with Crippen molar-refractivity contribution in [3.8, 4) is 0 Å². The molecule has 5 heteroatoms. The van der Waals surface area contributed by atoms with Gasteiger partial charge < -0.3 is 15.3 Å². The van der Waals surface area contributed by atoms with Crippen LogP contribution in [0.5, 0.6) is 0 Å². The molecule has 0 aliphatic rings. The molecule has 2 rings (SSSR count). The number of hydrogen-bond donors (Lipinski definition) is 3. The second-order valence-electron chi connectivity index (χ2n) is 8.76. The first kappa shape index (κ1) is 22.9. The molecule has 3 N–H and O–H groups in total. The predicted molar refractivity (Wildman–Crippen MR) is 117 cm³/mol. The summed E-state index contributed by atoms with van der Waals surface area (Å²) in [7, 11) is 0. The fourth-order valence-electron chi connectivity index (χ4n) is 3.66. The van der Waals surface area contributed by atoms with Crippen molar-refractivity contribution < 1.29 is 14.7 Å². The highest BCUT2D eigenvalue weighted by atomic mass is 16.7. The maximum Gasteiger partial charge on any atom is 0.426 e. The molecule has 29 heavy (non-hydrogen) atoms. The van der Waals surface area contributed by atoms with E-state index >= 15 is 0 Å². The van der Waals surface area contributed by atoms with Gasteiger partial charge in [0.1, 0.15) is 0 Å². The first-order valence-corrected chi connectivity index (χ1v) is 10.1. The molecular weight excluding hydrogens is 364 g/mol. The van der Waals surface area contributed by atoms with Gasteiger partial charge in [-0.1, -0.05) is 69.3 Å². The molecule has 158 valence electrons. The maximum absolute atomic E-state index is 12.1. The third kappa shape index (κ3) is 6.31. The first-order valence-electron chi connectivity index (χ1n) is 10.1. The number of carbonyl (C=O) groups excluding carboxylic acids is 1. The van der Waals surface area contributed by atoms with E-state index in [0.717, 1.165) is 5.56 Å². The van der Waals surface area contributed by atoms with Crippen molar-refractivity contribution >= 4 is 6.09 Å². The zero-order valence-corrected chi connectivity index (χ0v) is 18.3. The minimum absolute atomic E-state index is 0.0498. The van der Waals surface area contributed by atoms with Crippen LogP contribution in [0.1, 0.15) is 61.9 Å². The van der Waals surface area contributed by atoms with Crippen LogP contribution in [0, 0.1) is 19.3 Å². The van der Waals surface area contributed by atoms with Crippen LogP contribution in [0.15, 0.2) is 48.5 Å². The van der Waals surface area contributed by atoms with Gasteiger partial charge in [0.2, 0.25) is 0 Å². The van der Waals surface area contributed by atoms with Gasteiger partial charge >= 0.3 is 6.09 Å². The van der Waals surface area contributed by atoms with Gasteiger partial charge in [0.15, 0.2) is 0 Å². The molecule has 0 aliphatic heterocycles. The largest absolute Gasteiger partial charge is 0.426 e. The third-order valence-corrected chi connectivity index (χ3v) is 5.23. The van der Waals surface area contributed by atoms with Gasteiger partial charge in [-0.15, -0.1) is 5.48 Å². The van der Waals surface area contributed by atoms with E-state index in [1.165, 1.54) is 16.7 Å². The Morgan fingerprint density at radius 3 is 2.31 bits per heavy atom. The summed E-state index contributed by atoms with van der Waals surface area (Å²) in [5.74, 6) is 0.0498. The number of aliphatic hydroxyl groups is 1. The summed E-state index contributed by atoms with van der Waals surface area (Å²) in [6.45, 7) is 12.5. The molecular formula is C24H34N2O3. The molecule has 0 saturated heterocycles. The summed E-state index contributed by atoms with van der Waals surface area (Å²) in [5.41, 5.74) is 7.56. The van der Waals surface area contributed by atoms with E-state index in [1.807, 2.05) is 24.3 Å². The molecule has 2 aromatic rings. The molecule has 3 unspecified atom stereocenters. The number of aryl methyl sites for hydroxylation is 1. The molecule has 0 aromatic heterocycles. The van der Waals surface area contributed by atoms with E-state index in [4.69, 9.17) is 4.84 Å². The fourth-order valence-corrected chi connectivity index (χ4v) is 3.66. The molecule has 5 nitrogen and oxygen atoms in total. The fraction of sp³-hybridized carbons (Fsp3) is 0.458. The van der Waals surface area contributed by atoms with Gasteiger partial charge in [-0.05, 0) is 48.4 Å². The van der Waals surface area contributed by atoms with Crippen molar-refractivity contribution in [3.63, 3.8) is 0 Å². The molecule has 1 amide bonds. The van der Waals surface area contributed by atoms with Gasteiger partial charge in [0.25, 0.3) is 0 Å². The predicted octanol–water partition coefficient (Wildman–Crippen LogP) is 4.79. The van der Waals surface area contributed by atoms with Crippen LogP contribution in [0.25, 0.3) is 0 Å². The van der Waals surface area contributed by atoms with E-state index in [2.05, 4.69) is 69.7 Å². The van der Waals surface area contributed by atoms with Crippen LogP contribution in [-0.2, 0) is 4.84 Å². The van der Waals surface area contributed by atoms with E-state index in [9.17, 15) is 9.90 Å². The molecule has 0 spiro atoms. The highest BCUT2D eigenvalue weighted by Crippen LogP contribution is 2.45. The van der Waals surface area contributed by atoms with Crippen LogP contribution >= 0.6 is 0 Å². The van der Waals surface area contributed by atoms with Gasteiger partial charge in [0.05, 0.1) is 12.1 Å². The molecule has 0 heterocycles. The average Bonchev–Trinajstić information content (AvgIpc) is 2.65. The lowest BCUT2D eigenvalue weighted by molar-refractivity contribution is 0.0452. The molecule has 0 fully saturated rings. The van der Waals surface area contributed by atoms with Crippen molar-refractivity contribution in [1.82, 2.24) is 10.8 Å². The van der Waals surface area contributed by atoms with Crippen LogP contribution in [0.2, 0.25) is 0 Å². The van der Waals surface area contributed by atoms with Crippen LogP contribution in [0.3, 0.4) is 0 Å². The number of amides is 1. The summed E-state index contributed by atoms with van der Waals surface area (Å²) in [4.78, 5) is 17.5. The van der Waals surface area contributed by atoms with E-state index in [1.54, 1.807) is 6.92 Å². The first-order chi connectivity index (χ1) is 13.6. The van der Waals surface area contributed by atoms with Crippen LogP contribution in [0.4, 0.5) is 4.79 Å². The highest BCUT2D eigenvalue weighted by Gasteiger charge is 2.36. The number of carbonyl (C=O) groups is 1. The number of benzene rings is 2. The second kappa shape index (κ2) is 9.90. The second-order valence-corrected chi connectivity index (χ2v) is 8.76. The van der Waals surface area contributed by atoms with Crippen LogP contribution < -0.4 is 10.8 Å². The van der Waals surface area contributed by atoms with E-state index in [-0.39, 0.29) is 23.9 Å². The van der Waals surface area contributed by atoms with Crippen molar-refractivity contribution in [2.24, 2.45) is 5.41 Å². The highest BCUT2D eigenvalue weighted by molar-refractivity contribution is 5.66. The summed E-state index contributed by atoms with van der Waals surface area (Å²) in [6, 6.07) is 16.3. The van der Waals surface area contributed by atoms with Gasteiger partial charge in [-0.2, -0.15) is 0 Å². The monoisotopic (exact) mass is 398 g/mol. The van der Waals surface area contributed by atoms with Crippen molar-refractivity contribution in [2.45, 2.75) is 59.6 Å². The lowest BCUT2D eigenvalue weighted by Crippen LogP contribution is -2.39. The lowest BCUT2D eigenvalue weighted by atomic mass is 9.70. The molecule has 0 radical (unpaired) electrons. The normalized spacial score (nSPS) is 14.7. The number of rotatable bonds is 7. The Morgan fingerprint density at radius 1 is 1.07 bits per heavy atom. The summed E-state index contributed by atoms with van der Waals surface area (Å²) in [5, 5.41) is 11.9. The molecule has 3 atom stereocenters. The summed E-state index contributed by atoms with van der Waals surface area (Å²) >= 11 is 0. The van der Waals surface area contributed by atoms with Crippen LogP contribution in [-0.4, -0.2) is 23.8 Å². The Bertz CT molecular complexity index is 798. The number of aliphatic hydroxyl groups excluding tert-OH is 1. The van der Waals surface area contributed by atoms with Gasteiger partial charge in [0, 0.05) is 12.5 Å². The Morgan fingerprint density at radius 2 is 1.72 bits per heavy atom. The number of hydrogen-bond acceptors (Lipinski definition) is 4. The quantitative estimate of drug-likeness (QED) is 0.587. The SMILES string of the molecule is Cc1cccc(C(NOC(=O)NCC(C)O)C(c2ccccc2)C(C)(C)C)c1C. The Balaban J connectivity index is 2.42. The Hall–Kier alpha value is -2.37. The molecule has 0 saturated carbocycles. The smallest absolute Gasteiger partial charge is 0.392 e. The zero-order valence-electron chi connectivity index (χ0n) is 18.3. The minimum Gasteiger partial charge on any atom is -0.392 e. The van der Waals surface area contributed by atoms with Gasteiger partial charge in [-0.3, -0.25) is 0 Å². The van der Waals surface area contributed by atoms with Crippen molar-refractivity contribution in [2.75, 3.05) is 6.54 Å². The van der Waals surface area contributed by atoms with Crippen molar-refractivity contribution in [1.29, 1.82) is 0 Å². The topological polar surface area (TPSA) is 70.6 Å². The molecule has 2 aromatic carbocycles. The molecule has 0 bridgehead atoms. The maximum atomic E-state index is 12.1. The van der Waals surface area contributed by atoms with E-state index in [0.29, 0.717) is 0 Å². The average molecular weight is 399 g/mol. The molecule has 0 aliphatic carbocycles. The number of nitrogens with one attached hydrogen (secondary N) is 2. The van der Waals surface area contributed by atoms with E-state index < -0.39 is 12.2 Å². The lowest BCUT2D eigenvalue weighted by Gasteiger charge is -2.38. The Labute approximate surface area is 174 Å².